The van der Waals surface area contributed by atoms with Crippen molar-refractivity contribution in [2.24, 2.45) is 0 Å². The molecule has 1 aliphatic rings. The van der Waals surface area contributed by atoms with Crippen LogP contribution in [0.3, 0.4) is 0 Å². The maximum Gasteiger partial charge on any atom is 0.325 e. The molecule has 1 saturated heterocycles. The molecular weight excluding hydrogens is 549 g/mol. The van der Waals surface area contributed by atoms with E-state index in [4.69, 9.17) is 32.7 Å². The minimum absolute atomic E-state index is 0.0332. The van der Waals surface area contributed by atoms with Gasteiger partial charge in [0.05, 0.1) is 25.6 Å². The summed E-state index contributed by atoms with van der Waals surface area (Å²) in [6.07, 6.45) is 0.827. The van der Waals surface area contributed by atoms with Crippen LogP contribution in [-0.2, 0) is 27.3 Å². The zero-order valence-electron chi connectivity index (χ0n) is 22.5. The first-order valence-electron chi connectivity index (χ1n) is 13.2. The summed E-state index contributed by atoms with van der Waals surface area (Å²) in [7, 11) is 3.05. The third-order valence-corrected chi connectivity index (χ3v) is 7.90. The maximum atomic E-state index is 13.4. The summed E-state index contributed by atoms with van der Waals surface area (Å²) in [5.41, 5.74) is 4.61. The van der Waals surface area contributed by atoms with Crippen molar-refractivity contribution in [1.29, 1.82) is 0 Å². The van der Waals surface area contributed by atoms with E-state index < -0.39 is 0 Å². The summed E-state index contributed by atoms with van der Waals surface area (Å²) < 4.78 is 12.5. The zero-order chi connectivity index (χ0) is 28.2. The predicted octanol–water partition coefficient (Wildman–Crippen LogP) is 6.08. The predicted molar refractivity (Wildman–Crippen MR) is 160 cm³/mol. The molecule has 2 heterocycles. The molecule has 3 aromatic carbocycles. The molecular formula is C31H31Cl2N3O4. The van der Waals surface area contributed by atoms with Crippen molar-refractivity contribution in [3.63, 3.8) is 0 Å². The Morgan fingerprint density at radius 3 is 2.27 bits per heavy atom. The van der Waals surface area contributed by atoms with Gasteiger partial charge in [-0.05, 0) is 60.0 Å². The monoisotopic (exact) mass is 579 g/mol. The summed E-state index contributed by atoms with van der Waals surface area (Å²) in [5, 5.41) is 2.12. The Bertz CT molecular complexity index is 1530. The van der Waals surface area contributed by atoms with Crippen molar-refractivity contribution in [3.05, 3.63) is 82.3 Å². The second-order valence-corrected chi connectivity index (χ2v) is 10.6. The molecule has 0 radical (unpaired) electrons. The molecule has 4 aromatic rings. The highest BCUT2D eigenvalue weighted by molar-refractivity contribution is 6.31. The molecule has 0 saturated carbocycles. The molecule has 1 amide bonds. The maximum absolute atomic E-state index is 13.4. The van der Waals surface area contributed by atoms with E-state index in [1.165, 1.54) is 7.11 Å². The number of anilines is 1. The number of aryl methyl sites for hydroxylation is 1. The van der Waals surface area contributed by atoms with Gasteiger partial charge in [-0.2, -0.15) is 0 Å². The van der Waals surface area contributed by atoms with Crippen molar-refractivity contribution in [2.45, 2.75) is 19.4 Å². The zero-order valence-corrected chi connectivity index (χ0v) is 24.0. The number of hydrogen-bond donors (Lipinski definition) is 0. The lowest BCUT2D eigenvalue weighted by atomic mass is 10.0. The number of amides is 1. The van der Waals surface area contributed by atoms with E-state index in [1.807, 2.05) is 70.1 Å². The number of rotatable bonds is 8. The third-order valence-electron chi connectivity index (χ3n) is 7.41. The van der Waals surface area contributed by atoms with Crippen LogP contribution in [0.15, 0.2) is 66.7 Å². The van der Waals surface area contributed by atoms with Crippen LogP contribution in [-0.4, -0.2) is 61.7 Å². The SMILES string of the molecule is COC(=O)Cn1c(-c2ccc(Cl)cc2)c(CCC(=O)N2CCN(c3ccccc3OC)CC2)c2cc(Cl)ccc21. The van der Waals surface area contributed by atoms with Gasteiger partial charge in [-0.1, -0.05) is 47.5 Å². The summed E-state index contributed by atoms with van der Waals surface area (Å²) in [5.74, 6) is 0.564. The summed E-state index contributed by atoms with van der Waals surface area (Å²) >= 11 is 12.6. The van der Waals surface area contributed by atoms with Crippen molar-refractivity contribution >= 4 is 51.7 Å². The average Bonchev–Trinajstić information content (AvgIpc) is 3.27. The molecule has 0 N–H and O–H groups in total. The number of carbonyl (C=O) groups excluding carboxylic acids is 2. The minimum Gasteiger partial charge on any atom is -0.495 e. The largest absolute Gasteiger partial charge is 0.495 e. The number of fused-ring (bicyclic) bond motifs is 1. The third kappa shape index (κ3) is 5.76. The van der Waals surface area contributed by atoms with E-state index in [-0.39, 0.29) is 18.4 Å². The average molecular weight is 581 g/mol. The lowest BCUT2D eigenvalue weighted by molar-refractivity contribution is -0.141. The highest BCUT2D eigenvalue weighted by Gasteiger charge is 2.25. The molecule has 7 nitrogen and oxygen atoms in total. The molecule has 9 heteroatoms. The van der Waals surface area contributed by atoms with Crippen LogP contribution >= 0.6 is 23.2 Å². The smallest absolute Gasteiger partial charge is 0.325 e. The van der Waals surface area contributed by atoms with Gasteiger partial charge in [-0.25, -0.2) is 0 Å². The second kappa shape index (κ2) is 12.2. The van der Waals surface area contributed by atoms with E-state index >= 15 is 0 Å². The van der Waals surface area contributed by atoms with Crippen LogP contribution in [0.1, 0.15) is 12.0 Å². The number of piperazine rings is 1. The molecule has 40 heavy (non-hydrogen) atoms. The van der Waals surface area contributed by atoms with Gasteiger partial charge in [0, 0.05) is 53.5 Å². The molecule has 0 bridgehead atoms. The van der Waals surface area contributed by atoms with Crippen LogP contribution in [0.25, 0.3) is 22.2 Å². The van der Waals surface area contributed by atoms with Crippen LogP contribution in [0.4, 0.5) is 5.69 Å². The highest BCUT2D eigenvalue weighted by Crippen LogP contribution is 2.37. The van der Waals surface area contributed by atoms with Gasteiger partial charge >= 0.3 is 5.97 Å². The molecule has 208 valence electrons. The van der Waals surface area contributed by atoms with E-state index in [9.17, 15) is 9.59 Å². The van der Waals surface area contributed by atoms with E-state index in [0.717, 1.165) is 52.3 Å². The number of methoxy groups -OCH3 is 2. The van der Waals surface area contributed by atoms with Gasteiger partial charge in [0.2, 0.25) is 5.91 Å². The standard InChI is InChI=1S/C31H31Cl2N3O4/c1-39-28-6-4-3-5-27(28)34-15-17-35(18-16-34)29(37)14-12-24-25-19-23(33)11-13-26(25)36(20-30(38)40-2)31(24)21-7-9-22(32)10-8-21/h3-11,13,19H,12,14-18,20H2,1-2H3. The van der Waals surface area contributed by atoms with Gasteiger partial charge in [0.1, 0.15) is 12.3 Å². The van der Waals surface area contributed by atoms with Crippen LogP contribution in [0.5, 0.6) is 5.75 Å². The van der Waals surface area contributed by atoms with Crippen molar-refractivity contribution in [2.75, 3.05) is 45.3 Å². The number of ether oxygens (including phenoxy) is 2. The Hall–Kier alpha value is -3.68. The number of hydrogen-bond acceptors (Lipinski definition) is 5. The normalized spacial score (nSPS) is 13.5. The van der Waals surface area contributed by atoms with E-state index in [1.54, 1.807) is 13.2 Å². The molecule has 0 unspecified atom stereocenters. The first kappa shape index (κ1) is 27.9. The van der Waals surface area contributed by atoms with Gasteiger partial charge in [-0.3, -0.25) is 9.59 Å². The van der Waals surface area contributed by atoms with Gasteiger partial charge in [0.25, 0.3) is 0 Å². The van der Waals surface area contributed by atoms with Crippen LogP contribution in [0.2, 0.25) is 10.0 Å². The van der Waals surface area contributed by atoms with Crippen molar-refractivity contribution in [3.8, 4) is 17.0 Å². The highest BCUT2D eigenvalue weighted by atomic mass is 35.5. The fourth-order valence-electron chi connectivity index (χ4n) is 5.42. The molecule has 1 aliphatic heterocycles. The summed E-state index contributed by atoms with van der Waals surface area (Å²) in [6, 6.07) is 21.0. The Labute approximate surface area is 243 Å². The number of para-hydroxylation sites is 2. The van der Waals surface area contributed by atoms with Gasteiger partial charge < -0.3 is 23.8 Å². The first-order chi connectivity index (χ1) is 19.4. The number of benzene rings is 3. The molecule has 5 rings (SSSR count). The van der Waals surface area contributed by atoms with Crippen molar-refractivity contribution in [1.82, 2.24) is 9.47 Å². The van der Waals surface area contributed by atoms with Gasteiger partial charge in [-0.15, -0.1) is 0 Å². The Balaban J connectivity index is 1.40. The number of nitrogens with zero attached hydrogens (tertiary/aromatic N) is 3. The number of esters is 1. The number of halogens is 2. The number of aromatic nitrogens is 1. The molecule has 0 spiro atoms. The molecule has 0 aliphatic carbocycles. The lowest BCUT2D eigenvalue weighted by Crippen LogP contribution is -2.48. The van der Waals surface area contributed by atoms with Crippen LogP contribution < -0.4 is 9.64 Å². The fourth-order valence-corrected chi connectivity index (χ4v) is 5.72. The summed E-state index contributed by atoms with van der Waals surface area (Å²) in [6.45, 7) is 2.77. The van der Waals surface area contributed by atoms with E-state index in [2.05, 4.69) is 4.90 Å². The Morgan fingerprint density at radius 2 is 1.57 bits per heavy atom. The van der Waals surface area contributed by atoms with Gasteiger partial charge in [0.15, 0.2) is 0 Å². The number of carbonyl (C=O) groups is 2. The van der Waals surface area contributed by atoms with Crippen molar-refractivity contribution < 1.29 is 19.1 Å². The molecule has 0 atom stereocenters. The second-order valence-electron chi connectivity index (χ2n) is 9.70. The van der Waals surface area contributed by atoms with Crippen LogP contribution in [0, 0.1) is 0 Å². The quantitative estimate of drug-likeness (QED) is 0.237. The topological polar surface area (TPSA) is 64.0 Å². The minimum atomic E-state index is -0.363. The summed E-state index contributed by atoms with van der Waals surface area (Å²) in [4.78, 5) is 30.0. The molecule has 1 fully saturated rings. The lowest BCUT2D eigenvalue weighted by Gasteiger charge is -2.36. The first-order valence-corrected chi connectivity index (χ1v) is 13.9. The van der Waals surface area contributed by atoms with E-state index in [0.29, 0.717) is 36.0 Å². The Morgan fingerprint density at radius 1 is 0.875 bits per heavy atom. The Kier molecular flexibility index (Phi) is 8.52. The molecule has 1 aromatic heterocycles. The fraction of sp³-hybridized carbons (Fsp3) is 0.290.